The fourth-order valence-corrected chi connectivity index (χ4v) is 1.57. The van der Waals surface area contributed by atoms with E-state index < -0.39 is 6.08 Å². The Kier molecular flexibility index (Phi) is 6.31. The summed E-state index contributed by atoms with van der Waals surface area (Å²) in [7, 11) is 0. The monoisotopic (exact) mass is 262 g/mol. The minimum absolute atomic E-state index is 0.276. The zero-order valence-electron chi connectivity index (χ0n) is 9.23. The molecule has 0 fully saturated rings. The van der Waals surface area contributed by atoms with E-state index in [0.29, 0.717) is 23.3 Å². The highest BCUT2D eigenvalue weighted by Crippen LogP contribution is 2.18. The third kappa shape index (κ3) is 6.06. The molecule has 0 radical (unpaired) electrons. The van der Waals surface area contributed by atoms with Gasteiger partial charge in [-0.05, 0) is 19.4 Å². The summed E-state index contributed by atoms with van der Waals surface area (Å²) in [4.78, 5) is 8.71. The Balaban J connectivity index is 2.33. The second kappa shape index (κ2) is 7.83. The van der Waals surface area contributed by atoms with Gasteiger partial charge >= 0.3 is 0 Å². The normalized spacial score (nSPS) is 10.8. The summed E-state index contributed by atoms with van der Waals surface area (Å²) in [6.07, 6.45) is 2.38. The van der Waals surface area contributed by atoms with Crippen molar-refractivity contribution in [2.24, 2.45) is 5.16 Å². The first-order valence-electron chi connectivity index (χ1n) is 4.97. The molecule has 1 aromatic rings. The topological polar surface area (TPSA) is 47.6 Å². The van der Waals surface area contributed by atoms with Gasteiger partial charge in [0.2, 0.25) is 0 Å². The van der Waals surface area contributed by atoms with Gasteiger partial charge in [-0.2, -0.15) is 8.78 Å². The van der Waals surface area contributed by atoms with Crippen LogP contribution in [0.25, 0.3) is 0 Å². The van der Waals surface area contributed by atoms with Crippen molar-refractivity contribution in [2.75, 3.05) is 12.4 Å². The minimum Gasteiger partial charge on any atom is -0.430 e. The van der Waals surface area contributed by atoms with Gasteiger partial charge in [-0.1, -0.05) is 16.9 Å². The summed E-state index contributed by atoms with van der Waals surface area (Å²) < 4.78 is 28.7. The van der Waals surface area contributed by atoms with Crippen LogP contribution in [0.1, 0.15) is 19.1 Å². The van der Waals surface area contributed by atoms with E-state index in [-0.39, 0.29) is 6.42 Å². The number of allylic oxidation sites excluding steroid dienone is 1. The lowest BCUT2D eigenvalue weighted by Gasteiger charge is -1.91. The van der Waals surface area contributed by atoms with Crippen LogP contribution in [-0.4, -0.2) is 23.6 Å². The van der Waals surface area contributed by atoms with Crippen LogP contribution < -0.4 is 0 Å². The molecular weight excluding hydrogens is 250 g/mol. The number of oxazole rings is 1. The highest BCUT2D eigenvalue weighted by molar-refractivity contribution is 7.99. The molecule has 0 saturated carbocycles. The van der Waals surface area contributed by atoms with E-state index in [1.165, 1.54) is 24.2 Å². The number of thioether (sulfide) groups is 1. The Morgan fingerprint density at radius 3 is 3.18 bits per heavy atom. The first-order chi connectivity index (χ1) is 8.22. The van der Waals surface area contributed by atoms with Crippen LogP contribution in [0, 0.1) is 0 Å². The first kappa shape index (κ1) is 13.7. The van der Waals surface area contributed by atoms with Gasteiger partial charge in [0, 0.05) is 5.75 Å². The van der Waals surface area contributed by atoms with Crippen LogP contribution in [0.4, 0.5) is 8.78 Å². The smallest absolute Gasteiger partial charge is 0.266 e. The standard InChI is InChI=1S/C10H12F2N2O2S/c1-2-15-14-7-8-6-13-10(16-8)17-5-3-4-9(11)12/h4,6-7H,2-3,5H2,1H3/b14-7+. The van der Waals surface area contributed by atoms with Crippen LogP contribution in [0.3, 0.4) is 0 Å². The maximum Gasteiger partial charge on any atom is 0.266 e. The number of halogens is 2. The van der Waals surface area contributed by atoms with Gasteiger partial charge in [-0.15, -0.1) is 0 Å². The SMILES string of the molecule is CCO/N=C/c1cnc(SCCC=C(F)F)o1. The van der Waals surface area contributed by atoms with Crippen molar-refractivity contribution < 1.29 is 18.0 Å². The first-order valence-corrected chi connectivity index (χ1v) is 5.96. The van der Waals surface area contributed by atoms with E-state index in [1.807, 2.05) is 6.92 Å². The van der Waals surface area contributed by atoms with Gasteiger partial charge in [0.05, 0.1) is 6.20 Å². The van der Waals surface area contributed by atoms with E-state index in [2.05, 4.69) is 10.1 Å². The zero-order valence-corrected chi connectivity index (χ0v) is 10.0. The van der Waals surface area contributed by atoms with Crippen molar-refractivity contribution in [3.8, 4) is 0 Å². The molecule has 0 aliphatic carbocycles. The molecule has 0 aliphatic rings. The van der Waals surface area contributed by atoms with Crippen molar-refractivity contribution in [1.82, 2.24) is 4.98 Å². The summed E-state index contributed by atoms with van der Waals surface area (Å²) in [5, 5.41) is 4.04. The number of oxime groups is 1. The largest absolute Gasteiger partial charge is 0.430 e. The molecule has 4 nitrogen and oxygen atoms in total. The molecule has 0 aliphatic heterocycles. The van der Waals surface area contributed by atoms with Crippen LogP contribution >= 0.6 is 11.8 Å². The van der Waals surface area contributed by atoms with E-state index in [1.54, 1.807) is 0 Å². The molecular formula is C10H12F2N2O2S. The maximum atomic E-state index is 11.7. The van der Waals surface area contributed by atoms with Gasteiger partial charge in [0.1, 0.15) is 12.8 Å². The fourth-order valence-electron chi connectivity index (χ4n) is 0.874. The van der Waals surface area contributed by atoms with E-state index >= 15 is 0 Å². The third-order valence-electron chi connectivity index (χ3n) is 1.53. The van der Waals surface area contributed by atoms with Crippen molar-refractivity contribution >= 4 is 18.0 Å². The summed E-state index contributed by atoms with van der Waals surface area (Å²) in [5.41, 5.74) is 0. The number of aromatic nitrogens is 1. The van der Waals surface area contributed by atoms with Crippen molar-refractivity contribution in [3.05, 3.63) is 24.1 Å². The molecule has 0 spiro atoms. The Bertz CT molecular complexity index is 389. The molecule has 0 unspecified atom stereocenters. The number of rotatable bonds is 7. The van der Waals surface area contributed by atoms with Crippen molar-refractivity contribution in [2.45, 2.75) is 18.6 Å². The second-order valence-electron chi connectivity index (χ2n) is 2.81. The van der Waals surface area contributed by atoms with Gasteiger partial charge in [-0.3, -0.25) is 0 Å². The summed E-state index contributed by atoms with van der Waals surface area (Å²) >= 11 is 1.26. The predicted octanol–water partition coefficient (Wildman–Crippen LogP) is 3.31. The molecule has 17 heavy (non-hydrogen) atoms. The Morgan fingerprint density at radius 1 is 1.65 bits per heavy atom. The van der Waals surface area contributed by atoms with Crippen molar-refractivity contribution in [1.29, 1.82) is 0 Å². The Morgan fingerprint density at radius 2 is 2.47 bits per heavy atom. The number of hydrogen-bond acceptors (Lipinski definition) is 5. The molecule has 1 rings (SSSR count). The third-order valence-corrected chi connectivity index (χ3v) is 2.40. The Hall–Kier alpha value is -1.37. The summed E-state index contributed by atoms with van der Waals surface area (Å²) in [6, 6.07) is 0. The number of hydrogen-bond donors (Lipinski definition) is 0. The van der Waals surface area contributed by atoms with Crippen LogP contribution in [0.5, 0.6) is 0 Å². The van der Waals surface area contributed by atoms with Crippen LogP contribution in [0.2, 0.25) is 0 Å². The van der Waals surface area contributed by atoms with Gasteiger partial charge < -0.3 is 9.25 Å². The lowest BCUT2D eigenvalue weighted by molar-refractivity contribution is 0.160. The van der Waals surface area contributed by atoms with Crippen LogP contribution in [-0.2, 0) is 4.84 Å². The average Bonchev–Trinajstić information content (AvgIpc) is 2.73. The van der Waals surface area contributed by atoms with Gasteiger partial charge in [-0.25, -0.2) is 4.98 Å². The molecule has 0 saturated heterocycles. The van der Waals surface area contributed by atoms with E-state index in [4.69, 9.17) is 9.25 Å². The quantitative estimate of drug-likeness (QED) is 0.327. The van der Waals surface area contributed by atoms with E-state index in [9.17, 15) is 8.78 Å². The highest BCUT2D eigenvalue weighted by atomic mass is 32.2. The molecule has 0 atom stereocenters. The lowest BCUT2D eigenvalue weighted by atomic mass is 10.5. The van der Waals surface area contributed by atoms with E-state index in [0.717, 1.165) is 6.08 Å². The number of nitrogens with zero attached hydrogens (tertiary/aromatic N) is 2. The van der Waals surface area contributed by atoms with Crippen molar-refractivity contribution in [3.63, 3.8) is 0 Å². The molecule has 7 heteroatoms. The zero-order chi connectivity index (χ0) is 12.5. The minimum atomic E-state index is -1.66. The average molecular weight is 262 g/mol. The summed E-state index contributed by atoms with van der Waals surface area (Å²) in [5.74, 6) is 0.952. The predicted molar refractivity (Wildman–Crippen MR) is 61.4 cm³/mol. The molecule has 0 N–H and O–H groups in total. The second-order valence-corrected chi connectivity index (χ2v) is 3.86. The van der Waals surface area contributed by atoms with Gasteiger partial charge in [0.15, 0.2) is 5.76 Å². The lowest BCUT2D eigenvalue weighted by Crippen LogP contribution is -1.81. The Labute approximate surface area is 102 Å². The highest BCUT2D eigenvalue weighted by Gasteiger charge is 2.02. The maximum absolute atomic E-state index is 11.7. The van der Waals surface area contributed by atoms with Crippen LogP contribution in [0.15, 0.2) is 33.1 Å². The molecule has 0 aromatic carbocycles. The molecule has 94 valence electrons. The molecule has 1 heterocycles. The summed E-state index contributed by atoms with van der Waals surface area (Å²) in [6.45, 7) is 2.30. The molecule has 0 bridgehead atoms. The molecule has 0 amide bonds. The fraction of sp³-hybridized carbons (Fsp3) is 0.400. The molecule has 1 aromatic heterocycles. The van der Waals surface area contributed by atoms with Gasteiger partial charge in [0.25, 0.3) is 11.3 Å².